The Hall–Kier alpha value is -1.84. The Labute approximate surface area is 101 Å². The van der Waals surface area contributed by atoms with E-state index in [0.717, 1.165) is 12.1 Å². The first kappa shape index (κ1) is 11.6. The Morgan fingerprint density at radius 3 is 2.47 bits per heavy atom. The number of anilines is 1. The second kappa shape index (κ2) is 4.57. The first-order valence-corrected chi connectivity index (χ1v) is 5.77. The zero-order valence-electron chi connectivity index (χ0n) is 10.1. The Kier molecular flexibility index (Phi) is 3.13. The number of carbonyl (C=O) groups excluding carboxylic acids is 2. The fourth-order valence-electron chi connectivity index (χ4n) is 2.14. The van der Waals surface area contributed by atoms with Crippen molar-refractivity contribution in [2.75, 3.05) is 11.9 Å². The van der Waals surface area contributed by atoms with E-state index in [1.54, 1.807) is 24.1 Å². The molecule has 90 valence electrons. The lowest BCUT2D eigenvalue weighted by atomic mass is 10.1. The van der Waals surface area contributed by atoms with Gasteiger partial charge in [0.15, 0.2) is 0 Å². The minimum Gasteiger partial charge on any atom is -0.355 e. The van der Waals surface area contributed by atoms with Crippen LogP contribution in [0.3, 0.4) is 0 Å². The molecule has 0 saturated carbocycles. The van der Waals surface area contributed by atoms with E-state index in [2.05, 4.69) is 5.32 Å². The summed E-state index contributed by atoms with van der Waals surface area (Å²) in [6.45, 7) is 2.04. The molecule has 1 atom stereocenters. The van der Waals surface area contributed by atoms with Crippen LogP contribution in [0.5, 0.6) is 0 Å². The number of hydrogen-bond donors (Lipinski definition) is 1. The maximum absolute atomic E-state index is 11.7. The lowest BCUT2D eigenvalue weighted by Crippen LogP contribution is -2.30. The molecule has 2 rings (SSSR count). The van der Waals surface area contributed by atoms with Crippen molar-refractivity contribution >= 4 is 17.5 Å². The van der Waals surface area contributed by atoms with Crippen LogP contribution in [0.4, 0.5) is 5.69 Å². The molecule has 1 unspecified atom stereocenters. The molecular formula is C13H16N2O2. The van der Waals surface area contributed by atoms with Crippen LogP contribution in [0.15, 0.2) is 24.3 Å². The molecule has 1 fully saturated rings. The minimum absolute atomic E-state index is 0.114. The van der Waals surface area contributed by atoms with Gasteiger partial charge in [-0.15, -0.1) is 0 Å². The van der Waals surface area contributed by atoms with E-state index in [1.807, 2.05) is 19.1 Å². The summed E-state index contributed by atoms with van der Waals surface area (Å²) in [6.07, 6.45) is 1.51. The van der Waals surface area contributed by atoms with E-state index in [1.165, 1.54) is 0 Å². The van der Waals surface area contributed by atoms with Crippen molar-refractivity contribution in [3.05, 3.63) is 29.8 Å². The van der Waals surface area contributed by atoms with E-state index >= 15 is 0 Å². The van der Waals surface area contributed by atoms with Crippen LogP contribution in [0.25, 0.3) is 0 Å². The number of amides is 2. The second-order valence-corrected chi connectivity index (χ2v) is 4.28. The number of nitrogens with zero attached hydrogens (tertiary/aromatic N) is 1. The van der Waals surface area contributed by atoms with Gasteiger partial charge < -0.3 is 10.2 Å². The highest BCUT2D eigenvalue weighted by Gasteiger charge is 2.28. The molecule has 0 aliphatic carbocycles. The van der Waals surface area contributed by atoms with Gasteiger partial charge in [0.1, 0.15) is 0 Å². The van der Waals surface area contributed by atoms with Crippen LogP contribution < -0.4 is 10.2 Å². The van der Waals surface area contributed by atoms with E-state index in [4.69, 9.17) is 0 Å². The zero-order valence-corrected chi connectivity index (χ0v) is 10.1. The SMILES string of the molecule is CNC(=O)c1ccc(N2C(=O)CCC2C)cc1. The fraction of sp³-hybridized carbons (Fsp3) is 0.385. The molecule has 0 radical (unpaired) electrons. The number of hydrogen-bond acceptors (Lipinski definition) is 2. The van der Waals surface area contributed by atoms with Gasteiger partial charge in [0.2, 0.25) is 5.91 Å². The lowest BCUT2D eigenvalue weighted by Gasteiger charge is -2.21. The normalized spacial score (nSPS) is 19.5. The molecule has 4 heteroatoms. The lowest BCUT2D eigenvalue weighted by molar-refractivity contribution is -0.117. The summed E-state index contributed by atoms with van der Waals surface area (Å²) in [6, 6.07) is 7.38. The van der Waals surface area contributed by atoms with Crippen molar-refractivity contribution in [2.24, 2.45) is 0 Å². The fourth-order valence-corrected chi connectivity index (χ4v) is 2.14. The van der Waals surface area contributed by atoms with Gasteiger partial charge >= 0.3 is 0 Å². The van der Waals surface area contributed by atoms with E-state index in [0.29, 0.717) is 12.0 Å². The molecule has 1 N–H and O–H groups in total. The summed E-state index contributed by atoms with van der Waals surface area (Å²) in [5, 5.41) is 2.57. The Bertz CT molecular complexity index is 439. The van der Waals surface area contributed by atoms with Crippen LogP contribution >= 0.6 is 0 Å². The maximum Gasteiger partial charge on any atom is 0.251 e. The molecular weight excluding hydrogens is 216 g/mol. The van der Waals surface area contributed by atoms with Crippen LogP contribution in [0, 0.1) is 0 Å². The van der Waals surface area contributed by atoms with Gasteiger partial charge in [0.05, 0.1) is 0 Å². The van der Waals surface area contributed by atoms with Gasteiger partial charge in [0.25, 0.3) is 5.91 Å². The molecule has 1 saturated heterocycles. The van der Waals surface area contributed by atoms with Gasteiger partial charge in [-0.3, -0.25) is 9.59 Å². The summed E-state index contributed by atoms with van der Waals surface area (Å²) in [5.74, 6) is 0.0440. The summed E-state index contributed by atoms with van der Waals surface area (Å²) in [5.41, 5.74) is 1.48. The number of rotatable bonds is 2. The van der Waals surface area contributed by atoms with Crippen LogP contribution in [0.1, 0.15) is 30.1 Å². The molecule has 4 nitrogen and oxygen atoms in total. The van der Waals surface area contributed by atoms with Gasteiger partial charge in [-0.2, -0.15) is 0 Å². The third-order valence-corrected chi connectivity index (χ3v) is 3.12. The molecule has 1 aromatic carbocycles. The van der Waals surface area contributed by atoms with Crippen molar-refractivity contribution in [3.63, 3.8) is 0 Å². The Morgan fingerprint density at radius 1 is 1.35 bits per heavy atom. The standard InChI is InChI=1S/C13H16N2O2/c1-9-3-8-12(16)15(9)11-6-4-10(5-7-11)13(17)14-2/h4-7,9H,3,8H2,1-2H3,(H,14,17). The van der Waals surface area contributed by atoms with Crippen molar-refractivity contribution in [2.45, 2.75) is 25.8 Å². The summed E-state index contributed by atoms with van der Waals surface area (Å²) < 4.78 is 0. The molecule has 17 heavy (non-hydrogen) atoms. The van der Waals surface area contributed by atoms with Gasteiger partial charge in [-0.05, 0) is 37.6 Å². The van der Waals surface area contributed by atoms with Crippen LogP contribution in [-0.2, 0) is 4.79 Å². The molecule has 2 amide bonds. The second-order valence-electron chi connectivity index (χ2n) is 4.28. The zero-order chi connectivity index (χ0) is 12.4. The molecule has 1 heterocycles. The molecule has 0 aromatic heterocycles. The van der Waals surface area contributed by atoms with Crippen molar-refractivity contribution in [1.82, 2.24) is 5.32 Å². The first-order valence-electron chi connectivity index (χ1n) is 5.77. The van der Waals surface area contributed by atoms with E-state index < -0.39 is 0 Å². The highest BCUT2D eigenvalue weighted by Crippen LogP contribution is 2.26. The van der Waals surface area contributed by atoms with Gasteiger partial charge in [-0.25, -0.2) is 0 Å². The van der Waals surface area contributed by atoms with E-state index in [-0.39, 0.29) is 17.9 Å². The molecule has 1 aliphatic rings. The number of nitrogens with one attached hydrogen (secondary N) is 1. The summed E-state index contributed by atoms with van der Waals surface area (Å²) in [7, 11) is 1.60. The summed E-state index contributed by atoms with van der Waals surface area (Å²) >= 11 is 0. The predicted octanol–water partition coefficient (Wildman–Crippen LogP) is 1.56. The Balaban J connectivity index is 2.23. The average Bonchev–Trinajstić information content (AvgIpc) is 2.68. The predicted molar refractivity (Wildman–Crippen MR) is 66.0 cm³/mol. The van der Waals surface area contributed by atoms with Gasteiger partial charge in [0, 0.05) is 30.8 Å². The minimum atomic E-state index is -0.114. The van der Waals surface area contributed by atoms with Gasteiger partial charge in [-0.1, -0.05) is 0 Å². The third-order valence-electron chi connectivity index (χ3n) is 3.12. The number of benzene rings is 1. The van der Waals surface area contributed by atoms with Crippen molar-refractivity contribution in [1.29, 1.82) is 0 Å². The van der Waals surface area contributed by atoms with Crippen molar-refractivity contribution in [3.8, 4) is 0 Å². The van der Waals surface area contributed by atoms with Crippen LogP contribution in [-0.4, -0.2) is 24.9 Å². The van der Waals surface area contributed by atoms with Crippen LogP contribution in [0.2, 0.25) is 0 Å². The summed E-state index contributed by atoms with van der Waals surface area (Å²) in [4.78, 5) is 24.9. The quantitative estimate of drug-likeness (QED) is 0.841. The largest absolute Gasteiger partial charge is 0.355 e. The number of carbonyl (C=O) groups is 2. The monoisotopic (exact) mass is 232 g/mol. The van der Waals surface area contributed by atoms with E-state index in [9.17, 15) is 9.59 Å². The molecule has 1 aromatic rings. The third kappa shape index (κ3) is 2.16. The Morgan fingerprint density at radius 2 is 2.00 bits per heavy atom. The van der Waals surface area contributed by atoms with Crippen molar-refractivity contribution < 1.29 is 9.59 Å². The molecule has 1 aliphatic heterocycles. The smallest absolute Gasteiger partial charge is 0.251 e. The highest BCUT2D eigenvalue weighted by atomic mass is 16.2. The first-order chi connectivity index (χ1) is 8.13. The topological polar surface area (TPSA) is 49.4 Å². The molecule has 0 bridgehead atoms. The average molecular weight is 232 g/mol. The molecule has 0 spiro atoms. The highest BCUT2D eigenvalue weighted by molar-refractivity contribution is 5.98. The maximum atomic E-state index is 11.7.